The Bertz CT molecular complexity index is 1030. The lowest BCUT2D eigenvalue weighted by atomic mass is 9.96. The van der Waals surface area contributed by atoms with Gasteiger partial charge in [-0.25, -0.2) is 0 Å². The summed E-state index contributed by atoms with van der Waals surface area (Å²) in [5.41, 5.74) is 2.39. The molecule has 0 spiro atoms. The largest absolute Gasteiger partial charge is 0.493 e. The number of ether oxygens (including phenoxy) is 2. The number of aliphatic hydroxyl groups excluding tert-OH is 1. The van der Waals surface area contributed by atoms with Crippen LogP contribution in [0.2, 0.25) is 0 Å². The van der Waals surface area contributed by atoms with Crippen LogP contribution in [0.4, 0.5) is 11.4 Å². The highest BCUT2D eigenvalue weighted by Crippen LogP contribution is 2.35. The molecule has 0 fully saturated rings. The van der Waals surface area contributed by atoms with Gasteiger partial charge in [0.2, 0.25) is 0 Å². The Morgan fingerprint density at radius 3 is 2.16 bits per heavy atom. The van der Waals surface area contributed by atoms with Crippen molar-refractivity contribution in [2.24, 2.45) is 0 Å². The van der Waals surface area contributed by atoms with Crippen LogP contribution in [0.1, 0.15) is 29.7 Å². The van der Waals surface area contributed by atoms with Gasteiger partial charge < -0.3 is 19.9 Å². The molecule has 0 aliphatic carbocycles. The van der Waals surface area contributed by atoms with Crippen molar-refractivity contribution >= 4 is 27.3 Å². The first-order chi connectivity index (χ1) is 14.9. The fourth-order valence-electron chi connectivity index (χ4n) is 3.27. The number of halogens is 1. The van der Waals surface area contributed by atoms with E-state index in [0.717, 1.165) is 15.6 Å². The van der Waals surface area contributed by atoms with Crippen molar-refractivity contribution in [1.29, 1.82) is 0 Å². The zero-order valence-corrected chi connectivity index (χ0v) is 18.7. The average Bonchev–Trinajstić information content (AvgIpc) is 2.78. The second kappa shape index (κ2) is 10.3. The molecule has 2 unspecified atom stereocenters. The quantitative estimate of drug-likeness (QED) is 0.299. The molecule has 0 heterocycles. The fraction of sp³-hybridized carbons (Fsp3) is 0.217. The van der Waals surface area contributed by atoms with Gasteiger partial charge in [0.1, 0.15) is 0 Å². The molecule has 0 aromatic heterocycles. The first kappa shape index (κ1) is 22.6. The van der Waals surface area contributed by atoms with Gasteiger partial charge in [-0.3, -0.25) is 10.1 Å². The molecule has 0 aliphatic rings. The Morgan fingerprint density at radius 2 is 1.58 bits per heavy atom. The van der Waals surface area contributed by atoms with Crippen LogP contribution in [0, 0.1) is 10.1 Å². The lowest BCUT2D eigenvalue weighted by Crippen LogP contribution is -2.15. The Kier molecular flexibility index (Phi) is 7.49. The van der Waals surface area contributed by atoms with Gasteiger partial charge in [-0.15, -0.1) is 0 Å². The standard InChI is InChI=1S/C23H23BrN2O5/c1-30-22-12-5-16(13-23(22)31-2)20(14-21(27)15-3-6-17(24)7-4-15)25-18-8-10-19(11-9-18)26(28)29/h3-13,20-21,25,27H,14H2,1-2H3. The van der Waals surface area contributed by atoms with E-state index in [1.54, 1.807) is 26.4 Å². The van der Waals surface area contributed by atoms with Gasteiger partial charge in [0.25, 0.3) is 5.69 Å². The number of aliphatic hydroxyl groups is 1. The molecule has 3 aromatic carbocycles. The van der Waals surface area contributed by atoms with Gasteiger partial charge in [0, 0.05) is 28.7 Å². The van der Waals surface area contributed by atoms with Gasteiger partial charge in [-0.05, 0) is 47.5 Å². The number of hydrogen-bond donors (Lipinski definition) is 2. The molecule has 3 aromatic rings. The SMILES string of the molecule is COc1ccc(C(CC(O)c2ccc(Br)cc2)Nc2ccc([N+](=O)[O-])cc2)cc1OC. The van der Waals surface area contributed by atoms with E-state index < -0.39 is 11.0 Å². The molecule has 162 valence electrons. The molecule has 2 N–H and O–H groups in total. The van der Waals surface area contributed by atoms with E-state index in [-0.39, 0.29) is 11.7 Å². The Balaban J connectivity index is 1.90. The van der Waals surface area contributed by atoms with Crippen LogP contribution in [0.25, 0.3) is 0 Å². The van der Waals surface area contributed by atoms with Crippen molar-refractivity contribution in [3.8, 4) is 11.5 Å². The van der Waals surface area contributed by atoms with Crippen LogP contribution in [0.15, 0.2) is 71.2 Å². The molecule has 3 rings (SSSR count). The monoisotopic (exact) mass is 486 g/mol. The van der Waals surface area contributed by atoms with Crippen molar-refractivity contribution in [2.45, 2.75) is 18.6 Å². The summed E-state index contributed by atoms with van der Waals surface area (Å²) in [6.45, 7) is 0. The van der Waals surface area contributed by atoms with Gasteiger partial charge in [0.15, 0.2) is 11.5 Å². The number of benzene rings is 3. The van der Waals surface area contributed by atoms with Gasteiger partial charge >= 0.3 is 0 Å². The van der Waals surface area contributed by atoms with Crippen molar-refractivity contribution in [1.82, 2.24) is 0 Å². The van der Waals surface area contributed by atoms with Crippen LogP contribution in [-0.4, -0.2) is 24.2 Å². The topological polar surface area (TPSA) is 93.9 Å². The predicted octanol–water partition coefficient (Wildman–Crippen LogP) is 5.65. The number of nitro benzene ring substituents is 1. The van der Waals surface area contributed by atoms with E-state index >= 15 is 0 Å². The highest BCUT2D eigenvalue weighted by Gasteiger charge is 2.20. The first-order valence-corrected chi connectivity index (χ1v) is 10.4. The zero-order valence-electron chi connectivity index (χ0n) is 17.1. The lowest BCUT2D eigenvalue weighted by Gasteiger charge is -2.24. The fourth-order valence-corrected chi connectivity index (χ4v) is 3.54. The summed E-state index contributed by atoms with van der Waals surface area (Å²) < 4.78 is 11.7. The highest BCUT2D eigenvalue weighted by atomic mass is 79.9. The summed E-state index contributed by atoms with van der Waals surface area (Å²) in [6.07, 6.45) is -0.356. The van der Waals surface area contributed by atoms with Crippen molar-refractivity contribution in [3.05, 3.63) is 92.4 Å². The number of rotatable bonds is 9. The minimum Gasteiger partial charge on any atom is -0.493 e. The zero-order chi connectivity index (χ0) is 22.4. The van der Waals surface area contributed by atoms with Crippen LogP contribution in [0.5, 0.6) is 11.5 Å². The normalized spacial score (nSPS) is 12.6. The van der Waals surface area contributed by atoms with E-state index in [9.17, 15) is 15.2 Å². The summed E-state index contributed by atoms with van der Waals surface area (Å²) in [6, 6.07) is 19.0. The summed E-state index contributed by atoms with van der Waals surface area (Å²) in [5.74, 6) is 1.18. The number of non-ortho nitro benzene ring substituents is 1. The molecular weight excluding hydrogens is 464 g/mol. The summed E-state index contributed by atoms with van der Waals surface area (Å²) >= 11 is 3.40. The van der Waals surface area contributed by atoms with Crippen molar-refractivity contribution in [3.63, 3.8) is 0 Å². The Hall–Kier alpha value is -3.10. The molecule has 0 radical (unpaired) electrons. The summed E-state index contributed by atoms with van der Waals surface area (Å²) in [7, 11) is 3.14. The Labute approximate surface area is 188 Å². The molecule has 7 nitrogen and oxygen atoms in total. The number of nitrogens with zero attached hydrogens (tertiary/aromatic N) is 1. The molecule has 0 aliphatic heterocycles. The molecule has 0 saturated heterocycles. The van der Waals surface area contributed by atoms with Gasteiger partial charge in [0.05, 0.1) is 31.3 Å². The summed E-state index contributed by atoms with van der Waals surface area (Å²) in [5, 5.41) is 25.2. The smallest absolute Gasteiger partial charge is 0.269 e. The van der Waals surface area contributed by atoms with Crippen LogP contribution in [0.3, 0.4) is 0 Å². The molecule has 2 atom stereocenters. The molecule has 8 heteroatoms. The van der Waals surface area contributed by atoms with Gasteiger partial charge in [-0.1, -0.05) is 34.1 Å². The molecular formula is C23H23BrN2O5. The predicted molar refractivity (Wildman–Crippen MR) is 123 cm³/mol. The number of hydrogen-bond acceptors (Lipinski definition) is 6. The second-order valence-corrected chi connectivity index (χ2v) is 7.83. The van der Waals surface area contributed by atoms with Crippen LogP contribution < -0.4 is 14.8 Å². The first-order valence-electron chi connectivity index (χ1n) is 9.57. The second-order valence-electron chi connectivity index (χ2n) is 6.92. The van der Waals surface area contributed by atoms with E-state index in [1.807, 2.05) is 42.5 Å². The van der Waals surface area contributed by atoms with Crippen LogP contribution >= 0.6 is 15.9 Å². The number of nitro groups is 1. The maximum Gasteiger partial charge on any atom is 0.269 e. The van der Waals surface area contributed by atoms with Crippen molar-refractivity contribution < 1.29 is 19.5 Å². The van der Waals surface area contributed by atoms with Crippen LogP contribution in [-0.2, 0) is 0 Å². The van der Waals surface area contributed by atoms with E-state index in [2.05, 4.69) is 21.2 Å². The molecule has 31 heavy (non-hydrogen) atoms. The maximum atomic E-state index is 10.9. The van der Waals surface area contributed by atoms with E-state index in [1.165, 1.54) is 12.1 Å². The third kappa shape index (κ3) is 5.74. The van der Waals surface area contributed by atoms with Gasteiger partial charge in [-0.2, -0.15) is 0 Å². The highest BCUT2D eigenvalue weighted by molar-refractivity contribution is 9.10. The molecule has 0 amide bonds. The number of nitrogens with one attached hydrogen (secondary N) is 1. The molecule has 0 bridgehead atoms. The third-order valence-corrected chi connectivity index (χ3v) is 5.47. The Morgan fingerprint density at radius 1 is 0.968 bits per heavy atom. The average molecular weight is 487 g/mol. The van der Waals surface area contributed by atoms with Crippen molar-refractivity contribution in [2.75, 3.05) is 19.5 Å². The maximum absolute atomic E-state index is 10.9. The number of methoxy groups -OCH3 is 2. The van der Waals surface area contributed by atoms with E-state index in [0.29, 0.717) is 23.6 Å². The third-order valence-electron chi connectivity index (χ3n) is 4.94. The summed E-state index contributed by atoms with van der Waals surface area (Å²) in [4.78, 5) is 10.5. The minimum absolute atomic E-state index is 0.0168. The molecule has 0 saturated carbocycles. The van der Waals surface area contributed by atoms with E-state index in [4.69, 9.17) is 9.47 Å². The lowest BCUT2D eigenvalue weighted by molar-refractivity contribution is -0.384. The number of anilines is 1. The minimum atomic E-state index is -0.725.